The molecule has 3 aliphatic rings. The van der Waals surface area contributed by atoms with Crippen LogP contribution in [0.4, 0.5) is 5.69 Å². The number of rotatable bonds is 18. The van der Waals surface area contributed by atoms with Crippen LogP contribution in [0.3, 0.4) is 0 Å². The van der Waals surface area contributed by atoms with Crippen molar-refractivity contribution in [3.8, 4) is 0 Å². The van der Waals surface area contributed by atoms with Gasteiger partial charge in [-0.2, -0.15) is 0 Å². The number of amides is 3. The second-order valence-corrected chi connectivity index (χ2v) is 13.8. The summed E-state index contributed by atoms with van der Waals surface area (Å²) < 4.78 is 18.4. The molecule has 1 spiro atoms. The topological polar surface area (TPSA) is 135 Å². The molecule has 3 heterocycles. The maximum absolute atomic E-state index is 14.9. The summed E-state index contributed by atoms with van der Waals surface area (Å²) in [5.74, 6) is -3.63. The summed E-state index contributed by atoms with van der Waals surface area (Å²) in [5, 5.41) is 12.9. The zero-order valence-corrected chi connectivity index (χ0v) is 30.1. The molecule has 3 saturated heterocycles. The number of fused-ring (bicyclic) bond motifs is 1. The Hall–Kier alpha value is -4.03. The number of carbonyl (C=O) groups is 4. The molecule has 0 radical (unpaired) electrons. The Morgan fingerprint density at radius 3 is 2.59 bits per heavy atom. The number of aliphatic hydroxyl groups excluding tert-OH is 1. The number of methoxy groups -OCH3 is 1. The first kappa shape index (κ1) is 38.2. The quantitative estimate of drug-likeness (QED) is 0.129. The maximum atomic E-state index is 14.9. The van der Waals surface area contributed by atoms with Crippen LogP contribution < -0.4 is 10.2 Å². The normalized spacial score (nSPS) is 24.5. The lowest BCUT2D eigenvalue weighted by Gasteiger charge is -2.37. The molecular formula is C39H48ClN3O8. The number of benzene rings is 2. The van der Waals surface area contributed by atoms with Gasteiger partial charge < -0.3 is 34.4 Å². The summed E-state index contributed by atoms with van der Waals surface area (Å²) in [6, 6.07) is 12.6. The van der Waals surface area contributed by atoms with E-state index in [1.165, 1.54) is 16.9 Å². The lowest BCUT2D eigenvalue weighted by Crippen LogP contribution is -2.56. The number of para-hydroxylation sites is 1. The van der Waals surface area contributed by atoms with Gasteiger partial charge in [-0.3, -0.25) is 19.2 Å². The number of hydrogen-bond acceptors (Lipinski definition) is 8. The standard InChI is InChI=1S/C39H48ClN3O8/c1-5-7-18-30(45)41-28(24-49-4)34(26-15-9-8-10-16-26)50-38(48)31-29-19-20-39(51-29)32(31)36(46)43(22-11-12-23-44)35(39)37(47)42(21-6-2)33-25(3)14-13-17-27(33)40/h5-6,8-10,13-17,28-29,31-32,34-35,44H,1-2,7,11-12,18-24H2,3-4H3,(H,41,45)/t28-,29+,31-,32-,34-,35+,39-/m1/s1. The summed E-state index contributed by atoms with van der Waals surface area (Å²) in [4.78, 5) is 59.8. The molecular weight excluding hydrogens is 674 g/mol. The van der Waals surface area contributed by atoms with Gasteiger partial charge in [0.2, 0.25) is 11.8 Å². The third-order valence-electron chi connectivity index (χ3n) is 10.2. The van der Waals surface area contributed by atoms with Gasteiger partial charge in [-0.15, -0.1) is 13.2 Å². The Morgan fingerprint density at radius 2 is 1.92 bits per heavy atom. The van der Waals surface area contributed by atoms with Crippen LogP contribution in [-0.4, -0.2) is 90.9 Å². The number of nitrogens with zero attached hydrogens (tertiary/aromatic N) is 2. The molecule has 7 atom stereocenters. The van der Waals surface area contributed by atoms with Crippen molar-refractivity contribution in [1.82, 2.24) is 10.2 Å². The number of aryl methyl sites for hydroxylation is 1. The van der Waals surface area contributed by atoms with Crippen molar-refractivity contribution >= 4 is 41.0 Å². The van der Waals surface area contributed by atoms with Crippen molar-refractivity contribution in [2.75, 3.05) is 38.3 Å². The van der Waals surface area contributed by atoms with Crippen molar-refractivity contribution in [2.24, 2.45) is 11.8 Å². The lowest BCUT2D eigenvalue weighted by molar-refractivity contribution is -0.163. The van der Waals surface area contributed by atoms with E-state index >= 15 is 0 Å². The van der Waals surface area contributed by atoms with Crippen LogP contribution in [-0.2, 0) is 33.4 Å². The summed E-state index contributed by atoms with van der Waals surface area (Å²) in [6.07, 6.45) is 4.04. The molecule has 0 aromatic heterocycles. The van der Waals surface area contributed by atoms with Crippen molar-refractivity contribution in [3.63, 3.8) is 0 Å². The molecule has 11 nitrogen and oxygen atoms in total. The highest BCUT2D eigenvalue weighted by Crippen LogP contribution is 2.59. The van der Waals surface area contributed by atoms with E-state index in [9.17, 15) is 24.3 Å². The molecule has 274 valence electrons. The Balaban J connectivity index is 1.51. The van der Waals surface area contributed by atoms with Gasteiger partial charge in [0.25, 0.3) is 5.91 Å². The maximum Gasteiger partial charge on any atom is 0.313 e. The highest BCUT2D eigenvalue weighted by molar-refractivity contribution is 6.34. The molecule has 0 unspecified atom stereocenters. The molecule has 12 heteroatoms. The van der Waals surface area contributed by atoms with Crippen molar-refractivity contribution in [3.05, 3.63) is 90.0 Å². The number of allylic oxidation sites excluding steroid dienone is 1. The highest BCUT2D eigenvalue weighted by atomic mass is 35.5. The predicted molar refractivity (Wildman–Crippen MR) is 193 cm³/mol. The first-order valence-corrected chi connectivity index (χ1v) is 17.9. The third-order valence-corrected chi connectivity index (χ3v) is 10.5. The third kappa shape index (κ3) is 7.62. The van der Waals surface area contributed by atoms with Gasteiger partial charge in [0.05, 0.1) is 41.3 Å². The first-order valence-electron chi connectivity index (χ1n) is 17.5. The fraction of sp³-hybridized carbons (Fsp3) is 0.487. The number of nitrogens with one attached hydrogen (secondary N) is 1. The second-order valence-electron chi connectivity index (χ2n) is 13.4. The number of hydrogen-bond donors (Lipinski definition) is 2. The number of ether oxygens (including phenoxy) is 3. The zero-order chi connectivity index (χ0) is 36.7. The Labute approximate surface area is 304 Å². The fourth-order valence-corrected chi connectivity index (χ4v) is 8.32. The molecule has 0 aliphatic carbocycles. The number of halogens is 1. The molecule has 3 fully saturated rings. The molecule has 0 saturated carbocycles. The van der Waals surface area contributed by atoms with Crippen molar-refractivity contribution in [1.29, 1.82) is 0 Å². The van der Waals surface area contributed by atoms with Gasteiger partial charge in [0, 0.05) is 33.2 Å². The van der Waals surface area contributed by atoms with Crippen LogP contribution >= 0.6 is 11.6 Å². The number of esters is 1. The van der Waals surface area contributed by atoms with Gasteiger partial charge >= 0.3 is 5.97 Å². The summed E-state index contributed by atoms with van der Waals surface area (Å²) in [7, 11) is 1.50. The molecule has 2 bridgehead atoms. The van der Waals surface area contributed by atoms with Gasteiger partial charge in [-0.05, 0) is 56.2 Å². The monoisotopic (exact) mass is 721 g/mol. The Morgan fingerprint density at radius 1 is 1.16 bits per heavy atom. The minimum Gasteiger partial charge on any atom is -0.455 e. The minimum atomic E-state index is -1.29. The van der Waals surface area contributed by atoms with Crippen LogP contribution in [0.5, 0.6) is 0 Å². The second kappa shape index (κ2) is 17.0. The number of anilines is 1. The molecule has 2 aromatic rings. The predicted octanol–water partition coefficient (Wildman–Crippen LogP) is 4.70. The first-order chi connectivity index (χ1) is 24.6. The summed E-state index contributed by atoms with van der Waals surface area (Å²) in [6.45, 7) is 9.72. The molecule has 3 amide bonds. The molecule has 5 rings (SSSR count). The minimum absolute atomic E-state index is 0.0549. The average Bonchev–Trinajstić information content (AvgIpc) is 3.76. The largest absolute Gasteiger partial charge is 0.455 e. The van der Waals surface area contributed by atoms with E-state index in [-0.39, 0.29) is 50.4 Å². The van der Waals surface area contributed by atoms with Crippen LogP contribution in [0.25, 0.3) is 0 Å². The van der Waals surface area contributed by atoms with Crippen LogP contribution in [0.1, 0.15) is 55.8 Å². The van der Waals surface area contributed by atoms with Crippen LogP contribution in [0.15, 0.2) is 73.8 Å². The van der Waals surface area contributed by atoms with E-state index in [1.807, 2.05) is 31.2 Å². The van der Waals surface area contributed by atoms with Crippen LogP contribution in [0, 0.1) is 18.8 Å². The fourth-order valence-electron chi connectivity index (χ4n) is 7.99. The molecule has 51 heavy (non-hydrogen) atoms. The summed E-state index contributed by atoms with van der Waals surface area (Å²) in [5.41, 5.74) is 0.640. The Bertz CT molecular complexity index is 1580. The summed E-state index contributed by atoms with van der Waals surface area (Å²) >= 11 is 6.67. The number of carbonyl (C=O) groups excluding carboxylic acids is 4. The molecule has 3 aliphatic heterocycles. The van der Waals surface area contributed by atoms with Gasteiger partial charge in [-0.1, -0.05) is 66.2 Å². The lowest BCUT2D eigenvalue weighted by atomic mass is 9.70. The smallest absolute Gasteiger partial charge is 0.313 e. The average molecular weight is 722 g/mol. The van der Waals surface area contributed by atoms with Crippen LogP contribution in [0.2, 0.25) is 5.02 Å². The van der Waals surface area contributed by atoms with Gasteiger partial charge in [0.15, 0.2) is 0 Å². The van der Waals surface area contributed by atoms with Crippen molar-refractivity contribution in [2.45, 2.75) is 75.3 Å². The van der Waals surface area contributed by atoms with E-state index in [0.29, 0.717) is 48.4 Å². The highest BCUT2D eigenvalue weighted by Gasteiger charge is 2.75. The van der Waals surface area contributed by atoms with Gasteiger partial charge in [0.1, 0.15) is 17.7 Å². The van der Waals surface area contributed by atoms with E-state index in [2.05, 4.69) is 18.5 Å². The zero-order valence-electron chi connectivity index (χ0n) is 29.3. The van der Waals surface area contributed by atoms with E-state index in [4.69, 9.17) is 25.8 Å². The van der Waals surface area contributed by atoms with Gasteiger partial charge in [-0.25, -0.2) is 0 Å². The SMILES string of the molecule is C=CCCC(=O)N[C@H](COC)[C@H](OC(=O)[C@@H]1[C@@H]2CC[C@]3(O2)[C@H](C(=O)N(CC=C)c2c(C)cccc2Cl)N(CCCCO)C(=O)[C@@H]13)c1ccccc1. The van der Waals surface area contributed by atoms with E-state index in [0.717, 1.165) is 5.56 Å². The number of likely N-dealkylation sites (tertiary alicyclic amines) is 1. The van der Waals surface area contributed by atoms with E-state index in [1.54, 1.807) is 36.4 Å². The Kier molecular flexibility index (Phi) is 12.7. The van der Waals surface area contributed by atoms with Crippen molar-refractivity contribution < 1.29 is 38.5 Å². The van der Waals surface area contributed by atoms with E-state index < -0.39 is 47.7 Å². The number of aliphatic hydroxyl groups is 1. The molecule has 2 N–H and O–H groups in total. The number of unbranched alkanes of at least 4 members (excludes halogenated alkanes) is 1. The molecule has 2 aromatic carbocycles.